The van der Waals surface area contributed by atoms with Crippen LogP contribution in [0.4, 0.5) is 0 Å². The molecule has 1 rings (SSSR count). The molecule has 0 N–H and O–H groups in total. The molecule has 1 saturated heterocycles. The number of oxime groups is 1. The van der Waals surface area contributed by atoms with Crippen LogP contribution in [-0.4, -0.2) is 37.1 Å². The number of morpholine rings is 1. The SMILES string of the molecule is N#CC(C#N)=NON1CCOCC1. The lowest BCUT2D eigenvalue weighted by Crippen LogP contribution is -2.35. The van der Waals surface area contributed by atoms with Crippen molar-refractivity contribution in [3.63, 3.8) is 0 Å². The van der Waals surface area contributed by atoms with Crippen LogP contribution in [0.25, 0.3) is 0 Å². The Morgan fingerprint density at radius 1 is 1.31 bits per heavy atom. The molecule has 0 spiro atoms. The van der Waals surface area contributed by atoms with Gasteiger partial charge in [0.05, 0.1) is 26.3 Å². The van der Waals surface area contributed by atoms with Gasteiger partial charge in [-0.3, -0.25) is 4.94 Å². The minimum Gasteiger partial charge on any atom is -0.379 e. The van der Waals surface area contributed by atoms with E-state index in [0.717, 1.165) is 0 Å². The Balaban J connectivity index is 2.37. The second-order valence-corrected chi connectivity index (χ2v) is 2.29. The summed E-state index contributed by atoms with van der Waals surface area (Å²) >= 11 is 0. The van der Waals surface area contributed by atoms with Gasteiger partial charge in [-0.15, -0.1) is 5.06 Å². The molecule has 0 aromatic carbocycles. The van der Waals surface area contributed by atoms with E-state index in [1.54, 1.807) is 12.1 Å². The molecule has 0 aliphatic carbocycles. The molecular weight excluding hydrogens is 172 g/mol. The maximum absolute atomic E-state index is 8.33. The molecule has 0 atom stereocenters. The van der Waals surface area contributed by atoms with Gasteiger partial charge in [0.2, 0.25) is 0 Å². The fraction of sp³-hybridized carbons (Fsp3) is 0.571. The van der Waals surface area contributed by atoms with Crippen molar-refractivity contribution in [2.24, 2.45) is 5.16 Å². The minimum absolute atomic E-state index is 0.286. The van der Waals surface area contributed by atoms with E-state index in [1.165, 1.54) is 5.06 Å². The molecule has 1 aliphatic heterocycles. The first-order chi connectivity index (χ1) is 6.36. The van der Waals surface area contributed by atoms with Crippen molar-refractivity contribution in [1.82, 2.24) is 5.06 Å². The molecule has 0 bridgehead atoms. The molecule has 1 fully saturated rings. The van der Waals surface area contributed by atoms with Crippen molar-refractivity contribution in [1.29, 1.82) is 10.5 Å². The van der Waals surface area contributed by atoms with Gasteiger partial charge in [0.25, 0.3) is 5.71 Å². The Kier molecular flexibility index (Phi) is 3.71. The number of ether oxygens (including phenoxy) is 1. The third-order valence-corrected chi connectivity index (χ3v) is 1.43. The Bertz CT molecular complexity index is 253. The van der Waals surface area contributed by atoms with Crippen molar-refractivity contribution in [3.05, 3.63) is 0 Å². The summed E-state index contributed by atoms with van der Waals surface area (Å²) in [5.74, 6) is 0. The van der Waals surface area contributed by atoms with Gasteiger partial charge in [-0.05, 0) is 5.16 Å². The zero-order valence-corrected chi connectivity index (χ0v) is 6.93. The van der Waals surface area contributed by atoms with Gasteiger partial charge >= 0.3 is 0 Å². The monoisotopic (exact) mass is 180 g/mol. The summed E-state index contributed by atoms with van der Waals surface area (Å²) < 4.78 is 5.06. The van der Waals surface area contributed by atoms with E-state index in [9.17, 15) is 0 Å². The minimum atomic E-state index is -0.286. The van der Waals surface area contributed by atoms with E-state index in [4.69, 9.17) is 20.2 Å². The highest BCUT2D eigenvalue weighted by molar-refractivity contribution is 6.09. The summed E-state index contributed by atoms with van der Waals surface area (Å²) in [4.78, 5) is 4.82. The van der Waals surface area contributed by atoms with Gasteiger partial charge in [0.15, 0.2) is 0 Å². The van der Waals surface area contributed by atoms with E-state index in [-0.39, 0.29) is 5.71 Å². The molecule has 6 nitrogen and oxygen atoms in total. The maximum atomic E-state index is 8.33. The lowest BCUT2D eigenvalue weighted by atomic mass is 10.5. The second-order valence-electron chi connectivity index (χ2n) is 2.29. The first kappa shape index (κ1) is 9.46. The van der Waals surface area contributed by atoms with Crippen LogP contribution in [0.2, 0.25) is 0 Å². The van der Waals surface area contributed by atoms with Crippen molar-refractivity contribution >= 4 is 5.71 Å². The number of nitriles is 2. The van der Waals surface area contributed by atoms with Crippen molar-refractivity contribution in [3.8, 4) is 12.1 Å². The number of rotatable bonds is 2. The molecule has 0 amide bonds. The first-order valence-electron chi connectivity index (χ1n) is 3.75. The third kappa shape index (κ3) is 3.08. The number of hydroxylamine groups is 2. The highest BCUT2D eigenvalue weighted by Gasteiger charge is 2.11. The summed E-state index contributed by atoms with van der Waals surface area (Å²) in [6, 6.07) is 3.19. The molecule has 0 unspecified atom stereocenters. The lowest BCUT2D eigenvalue weighted by Gasteiger charge is -2.22. The first-order valence-corrected chi connectivity index (χ1v) is 3.75. The highest BCUT2D eigenvalue weighted by atomic mass is 16.8. The molecule has 1 aliphatic rings. The van der Waals surface area contributed by atoms with Crippen LogP contribution in [0.3, 0.4) is 0 Å². The van der Waals surface area contributed by atoms with Crippen LogP contribution in [0.5, 0.6) is 0 Å². The molecular formula is C7H8N4O2. The van der Waals surface area contributed by atoms with Gasteiger partial charge in [-0.25, -0.2) is 0 Å². The van der Waals surface area contributed by atoms with E-state index in [2.05, 4.69) is 5.16 Å². The molecule has 0 aromatic rings. The summed E-state index contributed by atoms with van der Waals surface area (Å²) in [6.07, 6.45) is 0. The van der Waals surface area contributed by atoms with Crippen molar-refractivity contribution < 1.29 is 9.68 Å². The Morgan fingerprint density at radius 2 is 1.92 bits per heavy atom. The maximum Gasteiger partial charge on any atom is 0.258 e. The van der Waals surface area contributed by atoms with Gasteiger partial charge in [0, 0.05) is 0 Å². The predicted octanol–water partition coefficient (Wildman–Crippen LogP) is -0.347. The van der Waals surface area contributed by atoms with Gasteiger partial charge in [0.1, 0.15) is 12.1 Å². The van der Waals surface area contributed by atoms with Crippen LogP contribution in [0.15, 0.2) is 5.16 Å². The van der Waals surface area contributed by atoms with Gasteiger partial charge < -0.3 is 4.74 Å². The van der Waals surface area contributed by atoms with Crippen LogP contribution in [0, 0.1) is 22.7 Å². The highest BCUT2D eigenvalue weighted by Crippen LogP contribution is 1.97. The normalized spacial score (nSPS) is 16.8. The fourth-order valence-electron chi connectivity index (χ4n) is 0.793. The van der Waals surface area contributed by atoms with Gasteiger partial charge in [-0.2, -0.15) is 10.5 Å². The summed E-state index contributed by atoms with van der Waals surface area (Å²) in [5, 5.41) is 21.5. The molecule has 6 heteroatoms. The second kappa shape index (κ2) is 5.09. The van der Waals surface area contributed by atoms with E-state index >= 15 is 0 Å². The molecule has 0 saturated carbocycles. The number of nitrogens with zero attached hydrogens (tertiary/aromatic N) is 4. The van der Waals surface area contributed by atoms with Crippen LogP contribution >= 0.6 is 0 Å². The zero-order chi connectivity index (χ0) is 9.52. The van der Waals surface area contributed by atoms with Crippen LogP contribution < -0.4 is 0 Å². The smallest absolute Gasteiger partial charge is 0.258 e. The predicted molar refractivity (Wildman–Crippen MR) is 42.1 cm³/mol. The van der Waals surface area contributed by atoms with Crippen molar-refractivity contribution in [2.75, 3.05) is 26.3 Å². The average Bonchev–Trinajstić information content (AvgIpc) is 2.21. The number of hydrogen-bond donors (Lipinski definition) is 0. The zero-order valence-electron chi connectivity index (χ0n) is 6.93. The van der Waals surface area contributed by atoms with Crippen LogP contribution in [-0.2, 0) is 9.68 Å². The molecule has 68 valence electrons. The van der Waals surface area contributed by atoms with E-state index in [0.29, 0.717) is 26.3 Å². The fourth-order valence-corrected chi connectivity index (χ4v) is 0.793. The molecule has 13 heavy (non-hydrogen) atoms. The lowest BCUT2D eigenvalue weighted by molar-refractivity contribution is -0.193. The van der Waals surface area contributed by atoms with Crippen molar-refractivity contribution in [2.45, 2.75) is 0 Å². The Hall–Kier alpha value is -1.63. The third-order valence-electron chi connectivity index (χ3n) is 1.43. The topological polar surface area (TPSA) is 81.6 Å². The number of hydrogen-bond acceptors (Lipinski definition) is 6. The summed E-state index contributed by atoms with van der Waals surface area (Å²) in [5.41, 5.74) is -0.286. The average molecular weight is 180 g/mol. The van der Waals surface area contributed by atoms with Crippen LogP contribution in [0.1, 0.15) is 0 Å². The molecule has 0 aromatic heterocycles. The Labute approximate surface area is 75.5 Å². The van der Waals surface area contributed by atoms with E-state index < -0.39 is 0 Å². The molecule has 1 heterocycles. The van der Waals surface area contributed by atoms with E-state index in [1.807, 2.05) is 0 Å². The summed E-state index contributed by atoms with van der Waals surface area (Å²) in [6.45, 7) is 2.33. The van der Waals surface area contributed by atoms with Gasteiger partial charge in [-0.1, -0.05) is 0 Å². The quantitative estimate of drug-likeness (QED) is 0.428. The largest absolute Gasteiger partial charge is 0.379 e. The summed E-state index contributed by atoms with van der Waals surface area (Å²) in [7, 11) is 0. The molecule has 0 radical (unpaired) electrons. The Morgan fingerprint density at radius 3 is 2.46 bits per heavy atom. The standard InChI is InChI=1S/C7H8N4O2/c8-5-7(6-9)10-13-11-1-3-12-4-2-11/h1-4H2.